The van der Waals surface area contributed by atoms with E-state index in [-0.39, 0.29) is 5.92 Å². The first-order valence-electron chi connectivity index (χ1n) is 9.24. The average molecular weight is 392 g/mol. The standard InChI is InChI=1S/C20H26F2N4O2/c1-12(2)18(24-19(27)17-15(21)7-5-8-16(17)22)20(28)23-9-6-10-26-14(4)11-13(3)25-26/h5,7-8,11-12,18H,6,9-10H2,1-4H3,(H,23,28)(H,24,27). The maximum Gasteiger partial charge on any atom is 0.257 e. The highest BCUT2D eigenvalue weighted by atomic mass is 19.1. The van der Waals surface area contributed by atoms with Gasteiger partial charge in [0.1, 0.15) is 23.2 Å². The van der Waals surface area contributed by atoms with Crippen LogP contribution in [-0.4, -0.2) is 34.2 Å². The third-order valence-electron chi connectivity index (χ3n) is 4.37. The average Bonchev–Trinajstić information content (AvgIpc) is 2.93. The molecule has 1 aromatic carbocycles. The molecule has 1 atom stereocenters. The normalized spacial score (nSPS) is 12.1. The Labute approximate surface area is 163 Å². The fourth-order valence-electron chi connectivity index (χ4n) is 2.91. The molecule has 0 spiro atoms. The molecule has 1 aromatic heterocycles. The molecular formula is C20H26F2N4O2. The van der Waals surface area contributed by atoms with Gasteiger partial charge in [-0.3, -0.25) is 14.3 Å². The highest BCUT2D eigenvalue weighted by Gasteiger charge is 2.27. The molecule has 28 heavy (non-hydrogen) atoms. The van der Waals surface area contributed by atoms with Crippen molar-refractivity contribution in [3.8, 4) is 0 Å². The van der Waals surface area contributed by atoms with Crippen LogP contribution in [0.1, 0.15) is 42.0 Å². The summed E-state index contributed by atoms with van der Waals surface area (Å²) in [6.45, 7) is 8.42. The van der Waals surface area contributed by atoms with Crippen molar-refractivity contribution in [3.05, 3.63) is 52.9 Å². The van der Waals surface area contributed by atoms with E-state index < -0.39 is 35.1 Å². The van der Waals surface area contributed by atoms with E-state index in [0.29, 0.717) is 19.5 Å². The number of carbonyl (C=O) groups is 2. The van der Waals surface area contributed by atoms with Crippen LogP contribution in [-0.2, 0) is 11.3 Å². The summed E-state index contributed by atoms with van der Waals surface area (Å²) in [5.41, 5.74) is 1.29. The zero-order chi connectivity index (χ0) is 20.8. The predicted molar refractivity (Wildman–Crippen MR) is 102 cm³/mol. The summed E-state index contributed by atoms with van der Waals surface area (Å²) in [5, 5.41) is 9.56. The number of rotatable bonds is 8. The summed E-state index contributed by atoms with van der Waals surface area (Å²) in [6, 6.07) is 4.25. The number of hydrogen-bond acceptors (Lipinski definition) is 3. The van der Waals surface area contributed by atoms with Gasteiger partial charge in [0.25, 0.3) is 5.91 Å². The zero-order valence-electron chi connectivity index (χ0n) is 16.6. The molecule has 2 aromatic rings. The first kappa shape index (κ1) is 21.5. The van der Waals surface area contributed by atoms with Crippen LogP contribution in [0.15, 0.2) is 24.3 Å². The van der Waals surface area contributed by atoms with Gasteiger partial charge < -0.3 is 10.6 Å². The summed E-state index contributed by atoms with van der Waals surface area (Å²) in [5.74, 6) is -3.54. The Kier molecular flexibility index (Phi) is 7.25. The second-order valence-corrected chi connectivity index (χ2v) is 7.09. The Balaban J connectivity index is 1.92. The minimum atomic E-state index is -0.967. The number of benzene rings is 1. The van der Waals surface area contributed by atoms with Crippen molar-refractivity contribution >= 4 is 11.8 Å². The van der Waals surface area contributed by atoms with Crippen LogP contribution in [0.2, 0.25) is 0 Å². The van der Waals surface area contributed by atoms with Crippen molar-refractivity contribution in [2.45, 2.75) is 46.7 Å². The minimum Gasteiger partial charge on any atom is -0.354 e. The second kappa shape index (κ2) is 9.43. The third kappa shape index (κ3) is 5.37. The van der Waals surface area contributed by atoms with Gasteiger partial charge in [0, 0.05) is 18.8 Å². The lowest BCUT2D eigenvalue weighted by molar-refractivity contribution is -0.123. The molecule has 2 amide bonds. The molecule has 152 valence electrons. The Morgan fingerprint density at radius 2 is 1.82 bits per heavy atom. The highest BCUT2D eigenvalue weighted by molar-refractivity contribution is 5.98. The second-order valence-electron chi connectivity index (χ2n) is 7.09. The van der Waals surface area contributed by atoms with Gasteiger partial charge in [-0.15, -0.1) is 0 Å². The lowest BCUT2D eigenvalue weighted by Gasteiger charge is -2.22. The van der Waals surface area contributed by atoms with Gasteiger partial charge in [0.05, 0.1) is 5.69 Å². The van der Waals surface area contributed by atoms with Gasteiger partial charge >= 0.3 is 0 Å². The molecule has 0 aliphatic heterocycles. The van der Waals surface area contributed by atoms with Gasteiger partial charge in [-0.05, 0) is 44.4 Å². The maximum absolute atomic E-state index is 13.8. The summed E-state index contributed by atoms with van der Waals surface area (Å²) in [7, 11) is 0. The molecular weight excluding hydrogens is 366 g/mol. The first-order valence-corrected chi connectivity index (χ1v) is 9.24. The van der Waals surface area contributed by atoms with E-state index in [2.05, 4.69) is 15.7 Å². The topological polar surface area (TPSA) is 76.0 Å². The smallest absolute Gasteiger partial charge is 0.257 e. The van der Waals surface area contributed by atoms with Crippen LogP contribution in [0, 0.1) is 31.4 Å². The van der Waals surface area contributed by atoms with Gasteiger partial charge in [-0.25, -0.2) is 8.78 Å². The fourth-order valence-corrected chi connectivity index (χ4v) is 2.91. The van der Waals surface area contributed by atoms with Crippen molar-refractivity contribution in [1.29, 1.82) is 0 Å². The molecule has 0 aliphatic rings. The van der Waals surface area contributed by atoms with E-state index in [4.69, 9.17) is 0 Å². The van der Waals surface area contributed by atoms with E-state index in [0.717, 1.165) is 23.5 Å². The van der Waals surface area contributed by atoms with Crippen molar-refractivity contribution in [3.63, 3.8) is 0 Å². The third-order valence-corrected chi connectivity index (χ3v) is 4.37. The molecule has 1 heterocycles. The van der Waals surface area contributed by atoms with Gasteiger partial charge in [-0.1, -0.05) is 19.9 Å². The molecule has 0 aliphatic carbocycles. The van der Waals surface area contributed by atoms with Crippen LogP contribution in [0.5, 0.6) is 0 Å². The molecule has 2 N–H and O–H groups in total. The van der Waals surface area contributed by atoms with Gasteiger partial charge in [-0.2, -0.15) is 5.10 Å². The number of hydrogen-bond donors (Lipinski definition) is 2. The largest absolute Gasteiger partial charge is 0.354 e. The van der Waals surface area contributed by atoms with E-state index >= 15 is 0 Å². The van der Waals surface area contributed by atoms with Crippen LogP contribution < -0.4 is 10.6 Å². The number of nitrogens with zero attached hydrogens (tertiary/aromatic N) is 2. The Morgan fingerprint density at radius 3 is 2.36 bits per heavy atom. The maximum atomic E-state index is 13.8. The van der Waals surface area contributed by atoms with E-state index in [1.807, 2.05) is 24.6 Å². The molecule has 0 saturated heterocycles. The Hall–Kier alpha value is -2.77. The lowest BCUT2D eigenvalue weighted by Crippen LogP contribution is -2.50. The summed E-state index contributed by atoms with van der Waals surface area (Å²) in [4.78, 5) is 24.7. The molecule has 0 fully saturated rings. The zero-order valence-corrected chi connectivity index (χ0v) is 16.6. The van der Waals surface area contributed by atoms with Crippen molar-refractivity contribution in [1.82, 2.24) is 20.4 Å². The number of amides is 2. The molecule has 2 rings (SSSR count). The SMILES string of the molecule is Cc1cc(C)n(CCCNC(=O)C(NC(=O)c2c(F)cccc2F)C(C)C)n1. The molecule has 0 saturated carbocycles. The van der Waals surface area contributed by atoms with Gasteiger partial charge in [0.2, 0.25) is 5.91 Å². The summed E-state index contributed by atoms with van der Waals surface area (Å²) in [6.07, 6.45) is 0.661. The van der Waals surface area contributed by atoms with E-state index in [1.165, 1.54) is 6.07 Å². The number of aromatic nitrogens is 2. The number of carbonyl (C=O) groups excluding carboxylic acids is 2. The van der Waals surface area contributed by atoms with Crippen LogP contribution in [0.3, 0.4) is 0 Å². The lowest BCUT2D eigenvalue weighted by atomic mass is 10.0. The first-order chi connectivity index (χ1) is 13.2. The predicted octanol–water partition coefficient (Wildman–Crippen LogP) is 2.74. The minimum absolute atomic E-state index is 0.255. The summed E-state index contributed by atoms with van der Waals surface area (Å²) < 4.78 is 29.4. The molecule has 1 unspecified atom stereocenters. The quantitative estimate of drug-likeness (QED) is 0.679. The molecule has 0 radical (unpaired) electrons. The van der Waals surface area contributed by atoms with Crippen molar-refractivity contribution in [2.75, 3.05) is 6.54 Å². The van der Waals surface area contributed by atoms with E-state index in [9.17, 15) is 18.4 Å². The highest BCUT2D eigenvalue weighted by Crippen LogP contribution is 2.13. The number of halogens is 2. The molecule has 6 nitrogen and oxygen atoms in total. The van der Waals surface area contributed by atoms with Crippen LogP contribution in [0.4, 0.5) is 8.78 Å². The molecule has 0 bridgehead atoms. The fraction of sp³-hybridized carbons (Fsp3) is 0.450. The van der Waals surface area contributed by atoms with Crippen molar-refractivity contribution < 1.29 is 18.4 Å². The van der Waals surface area contributed by atoms with Gasteiger partial charge in [0.15, 0.2) is 0 Å². The Morgan fingerprint density at radius 1 is 1.18 bits per heavy atom. The van der Waals surface area contributed by atoms with Crippen LogP contribution in [0.25, 0.3) is 0 Å². The monoisotopic (exact) mass is 392 g/mol. The molecule has 8 heteroatoms. The number of nitrogens with one attached hydrogen (secondary N) is 2. The van der Waals surface area contributed by atoms with E-state index in [1.54, 1.807) is 13.8 Å². The number of aryl methyl sites for hydroxylation is 3. The van der Waals surface area contributed by atoms with Crippen LogP contribution >= 0.6 is 0 Å². The summed E-state index contributed by atoms with van der Waals surface area (Å²) >= 11 is 0. The Bertz CT molecular complexity index is 828. The van der Waals surface area contributed by atoms with Crippen molar-refractivity contribution in [2.24, 2.45) is 5.92 Å².